The molecular formula is C34H40N2O4. The lowest BCUT2D eigenvalue weighted by Crippen LogP contribution is -2.13. The Bertz CT molecular complexity index is 1320. The zero-order chi connectivity index (χ0) is 28.2. The monoisotopic (exact) mass is 540 g/mol. The van der Waals surface area contributed by atoms with Crippen LogP contribution in [-0.4, -0.2) is 35.1 Å². The number of para-hydroxylation sites is 2. The number of unbranched alkanes of at least 4 members (excludes halogenated alkanes) is 8. The van der Waals surface area contributed by atoms with Gasteiger partial charge in [0.2, 0.25) is 0 Å². The largest absolute Gasteiger partial charge is 0.462 e. The molecule has 0 spiro atoms. The number of aromatic nitrogens is 2. The van der Waals surface area contributed by atoms with Crippen molar-refractivity contribution in [2.45, 2.75) is 78.1 Å². The number of nitrogens with zero attached hydrogens (tertiary/aromatic N) is 2. The number of carbonyl (C=O) groups is 2. The van der Waals surface area contributed by atoms with Gasteiger partial charge in [-0.05, 0) is 25.0 Å². The minimum atomic E-state index is -0.424. The highest BCUT2D eigenvalue weighted by atomic mass is 16.5. The van der Waals surface area contributed by atoms with Gasteiger partial charge in [-0.25, -0.2) is 9.59 Å². The van der Waals surface area contributed by atoms with E-state index in [1.54, 1.807) is 12.4 Å². The van der Waals surface area contributed by atoms with Crippen molar-refractivity contribution in [2.24, 2.45) is 0 Å². The Hall–Kier alpha value is -3.80. The fourth-order valence-corrected chi connectivity index (χ4v) is 5.02. The Kier molecular flexibility index (Phi) is 11.0. The molecule has 0 saturated heterocycles. The van der Waals surface area contributed by atoms with Crippen LogP contribution in [0.1, 0.15) is 98.8 Å². The summed E-state index contributed by atoms with van der Waals surface area (Å²) < 4.78 is 11.5. The SMILES string of the molecule is CCCCCCCOC(=O)c1c(-c2cnc3ccccc3c2C(=O)OCCCCCCC)cnc2ccccc12. The van der Waals surface area contributed by atoms with E-state index in [-0.39, 0.29) is 0 Å². The first-order valence-corrected chi connectivity index (χ1v) is 14.8. The van der Waals surface area contributed by atoms with Crippen molar-refractivity contribution in [1.82, 2.24) is 9.97 Å². The molecule has 0 saturated carbocycles. The molecule has 210 valence electrons. The van der Waals surface area contributed by atoms with E-state index < -0.39 is 11.9 Å². The average Bonchev–Trinajstić information content (AvgIpc) is 2.99. The highest BCUT2D eigenvalue weighted by molar-refractivity contribution is 6.14. The molecule has 0 aliphatic carbocycles. The molecule has 6 nitrogen and oxygen atoms in total. The molecule has 6 heteroatoms. The van der Waals surface area contributed by atoms with E-state index in [1.165, 1.54) is 12.8 Å². The number of carbonyl (C=O) groups excluding carboxylic acids is 2. The molecule has 4 rings (SSSR count). The van der Waals surface area contributed by atoms with Crippen LogP contribution in [0.3, 0.4) is 0 Å². The number of ether oxygens (including phenoxy) is 2. The van der Waals surface area contributed by atoms with E-state index >= 15 is 0 Å². The van der Waals surface area contributed by atoms with Crippen LogP contribution in [0.5, 0.6) is 0 Å². The minimum Gasteiger partial charge on any atom is -0.462 e. The Morgan fingerprint density at radius 1 is 0.575 bits per heavy atom. The average molecular weight is 541 g/mol. The highest BCUT2D eigenvalue weighted by Gasteiger charge is 2.25. The maximum Gasteiger partial charge on any atom is 0.339 e. The van der Waals surface area contributed by atoms with Gasteiger partial charge in [0.05, 0.1) is 35.4 Å². The van der Waals surface area contributed by atoms with Crippen molar-refractivity contribution < 1.29 is 19.1 Å². The van der Waals surface area contributed by atoms with E-state index in [4.69, 9.17) is 9.47 Å². The molecule has 0 fully saturated rings. The highest BCUT2D eigenvalue weighted by Crippen LogP contribution is 2.35. The maximum absolute atomic E-state index is 13.6. The third kappa shape index (κ3) is 7.23. The zero-order valence-electron chi connectivity index (χ0n) is 23.8. The predicted octanol–water partition coefficient (Wildman–Crippen LogP) is 8.70. The lowest BCUT2D eigenvalue weighted by Gasteiger charge is -2.16. The lowest BCUT2D eigenvalue weighted by atomic mass is 9.93. The van der Waals surface area contributed by atoms with Gasteiger partial charge in [-0.1, -0.05) is 102 Å². The van der Waals surface area contributed by atoms with Crippen LogP contribution in [-0.2, 0) is 9.47 Å². The number of benzene rings is 2. The minimum absolute atomic E-state index is 0.349. The maximum atomic E-state index is 13.6. The van der Waals surface area contributed by atoms with Crippen LogP contribution < -0.4 is 0 Å². The molecule has 0 radical (unpaired) electrons. The van der Waals surface area contributed by atoms with Crippen LogP contribution in [0, 0.1) is 0 Å². The van der Waals surface area contributed by atoms with Gasteiger partial charge in [0.25, 0.3) is 0 Å². The molecular weight excluding hydrogens is 500 g/mol. The van der Waals surface area contributed by atoms with E-state index in [0.29, 0.717) is 57.3 Å². The molecule has 2 aromatic carbocycles. The number of hydrogen-bond acceptors (Lipinski definition) is 6. The second-order valence-electron chi connectivity index (χ2n) is 10.2. The number of esters is 2. The van der Waals surface area contributed by atoms with Gasteiger partial charge < -0.3 is 9.47 Å². The Balaban J connectivity index is 1.71. The van der Waals surface area contributed by atoms with E-state index in [2.05, 4.69) is 23.8 Å². The smallest absolute Gasteiger partial charge is 0.339 e. The van der Waals surface area contributed by atoms with Crippen LogP contribution in [0.2, 0.25) is 0 Å². The normalized spacial score (nSPS) is 11.2. The number of hydrogen-bond donors (Lipinski definition) is 0. The van der Waals surface area contributed by atoms with Gasteiger partial charge in [0, 0.05) is 34.3 Å². The summed E-state index contributed by atoms with van der Waals surface area (Å²) in [4.78, 5) is 36.4. The zero-order valence-corrected chi connectivity index (χ0v) is 23.8. The van der Waals surface area contributed by atoms with E-state index in [1.807, 2.05) is 48.5 Å². The van der Waals surface area contributed by atoms with Crippen LogP contribution in [0.15, 0.2) is 60.9 Å². The second kappa shape index (κ2) is 15.1. The third-order valence-electron chi connectivity index (χ3n) is 7.21. The van der Waals surface area contributed by atoms with Crippen LogP contribution in [0.4, 0.5) is 0 Å². The molecule has 0 aliphatic heterocycles. The summed E-state index contributed by atoms with van der Waals surface area (Å²) in [5.74, 6) is -0.847. The topological polar surface area (TPSA) is 78.4 Å². The molecule has 0 N–H and O–H groups in total. The summed E-state index contributed by atoms with van der Waals surface area (Å²) in [6, 6.07) is 15.0. The summed E-state index contributed by atoms with van der Waals surface area (Å²) in [5.41, 5.74) is 3.19. The summed E-state index contributed by atoms with van der Waals surface area (Å²) in [5, 5.41) is 1.36. The number of pyridine rings is 2. The second-order valence-corrected chi connectivity index (χ2v) is 10.2. The van der Waals surface area contributed by atoms with Gasteiger partial charge in [0.1, 0.15) is 0 Å². The Morgan fingerprint density at radius 2 is 0.975 bits per heavy atom. The van der Waals surface area contributed by atoms with Gasteiger partial charge in [0.15, 0.2) is 0 Å². The van der Waals surface area contributed by atoms with Crippen molar-refractivity contribution >= 4 is 33.7 Å². The van der Waals surface area contributed by atoms with E-state index in [9.17, 15) is 9.59 Å². The first-order chi connectivity index (χ1) is 19.7. The Morgan fingerprint density at radius 3 is 1.40 bits per heavy atom. The molecule has 0 atom stereocenters. The summed E-state index contributed by atoms with van der Waals surface area (Å²) in [6.45, 7) is 5.05. The van der Waals surface area contributed by atoms with Crippen molar-refractivity contribution in [3.05, 3.63) is 72.1 Å². The molecule has 0 aliphatic rings. The summed E-state index contributed by atoms with van der Waals surface area (Å²) in [6.07, 6.45) is 13.9. The number of fused-ring (bicyclic) bond motifs is 2. The molecule has 2 heterocycles. The Labute approximate surface area is 237 Å². The molecule has 0 amide bonds. The third-order valence-corrected chi connectivity index (χ3v) is 7.21. The van der Waals surface area contributed by atoms with Crippen molar-refractivity contribution in [3.8, 4) is 11.1 Å². The van der Waals surface area contributed by atoms with Crippen molar-refractivity contribution in [2.75, 3.05) is 13.2 Å². The first kappa shape index (κ1) is 29.2. The number of rotatable bonds is 15. The van der Waals surface area contributed by atoms with Crippen LogP contribution >= 0.6 is 0 Å². The lowest BCUT2D eigenvalue weighted by molar-refractivity contribution is 0.0489. The van der Waals surface area contributed by atoms with Crippen molar-refractivity contribution in [3.63, 3.8) is 0 Å². The summed E-state index contributed by atoms with van der Waals surface area (Å²) >= 11 is 0. The van der Waals surface area contributed by atoms with Gasteiger partial charge in [-0.2, -0.15) is 0 Å². The molecule has 40 heavy (non-hydrogen) atoms. The van der Waals surface area contributed by atoms with Crippen molar-refractivity contribution in [1.29, 1.82) is 0 Å². The summed E-state index contributed by atoms with van der Waals surface area (Å²) in [7, 11) is 0. The van der Waals surface area contributed by atoms with Gasteiger partial charge >= 0.3 is 11.9 Å². The first-order valence-electron chi connectivity index (χ1n) is 14.8. The van der Waals surface area contributed by atoms with Gasteiger partial charge in [-0.15, -0.1) is 0 Å². The molecule has 2 aromatic heterocycles. The standard InChI is InChI=1S/C34H40N2O4/c1-3-5-7-9-15-21-39-33(37)31-25-17-11-13-19-29(25)35-23-27(31)28-24-36-30-20-14-12-18-26(30)32(28)34(38)40-22-16-10-8-6-4-2/h11-14,17-20,23-24H,3-10,15-16,21-22H2,1-2H3. The van der Waals surface area contributed by atoms with Gasteiger partial charge in [-0.3, -0.25) is 9.97 Å². The fraction of sp³-hybridized carbons (Fsp3) is 0.412. The fourth-order valence-electron chi connectivity index (χ4n) is 5.02. The predicted molar refractivity (Wildman–Crippen MR) is 161 cm³/mol. The molecule has 0 unspecified atom stereocenters. The molecule has 4 aromatic rings. The molecule has 0 bridgehead atoms. The van der Waals surface area contributed by atoms with Crippen LogP contribution in [0.25, 0.3) is 32.9 Å². The van der Waals surface area contributed by atoms with E-state index in [0.717, 1.165) is 51.4 Å². The quantitative estimate of drug-likeness (QED) is 0.111.